The van der Waals surface area contributed by atoms with Crippen molar-refractivity contribution in [3.8, 4) is 0 Å². The standard InChI is InChI=1S/C72H136O6/c1-4-7-10-13-16-18-20-22-24-26-28-30-31-32-33-34-35-36-37-38-39-40-42-43-45-47-49-51-53-56-59-62-65-71(74)77-68-69(67-76-70(73)64-61-58-55-15-12-9-6-3)78-72(75)66-63-60-57-54-52-50-48-46-44-41-29-27-25-23-21-19-17-14-11-8-5-2/h21,23,27,29,69H,4-20,22,24-26,28,30-68H2,1-3H3/b23-21-,29-27-. The summed E-state index contributed by atoms with van der Waals surface area (Å²) in [6.07, 6.45) is 82.5. The molecule has 1 atom stereocenters. The molecule has 6 heteroatoms. The Hall–Kier alpha value is -2.11. The average molecular weight is 1100 g/mol. The van der Waals surface area contributed by atoms with Gasteiger partial charge in [-0.2, -0.15) is 0 Å². The summed E-state index contributed by atoms with van der Waals surface area (Å²) in [4.78, 5) is 38.1. The van der Waals surface area contributed by atoms with Gasteiger partial charge in [-0.1, -0.05) is 353 Å². The lowest BCUT2D eigenvalue weighted by atomic mass is 10.0. The Kier molecular flexibility index (Phi) is 65.6. The lowest BCUT2D eigenvalue weighted by Crippen LogP contribution is -2.30. The molecule has 460 valence electrons. The van der Waals surface area contributed by atoms with Crippen LogP contribution in [0.5, 0.6) is 0 Å². The second kappa shape index (κ2) is 67.4. The number of carbonyl (C=O) groups excluding carboxylic acids is 3. The smallest absolute Gasteiger partial charge is 0.306 e. The minimum Gasteiger partial charge on any atom is -0.462 e. The van der Waals surface area contributed by atoms with Gasteiger partial charge < -0.3 is 14.2 Å². The van der Waals surface area contributed by atoms with E-state index in [9.17, 15) is 14.4 Å². The van der Waals surface area contributed by atoms with E-state index in [1.54, 1.807) is 0 Å². The molecule has 0 aromatic carbocycles. The van der Waals surface area contributed by atoms with Crippen LogP contribution in [0.1, 0.15) is 400 Å². The summed E-state index contributed by atoms with van der Waals surface area (Å²) >= 11 is 0. The lowest BCUT2D eigenvalue weighted by molar-refractivity contribution is -0.167. The molecular formula is C72H136O6. The largest absolute Gasteiger partial charge is 0.462 e. The highest BCUT2D eigenvalue weighted by atomic mass is 16.6. The molecule has 0 aliphatic heterocycles. The normalized spacial score (nSPS) is 12.1. The third-order valence-electron chi connectivity index (χ3n) is 16.2. The van der Waals surface area contributed by atoms with Gasteiger partial charge in [0.05, 0.1) is 0 Å². The van der Waals surface area contributed by atoms with Crippen molar-refractivity contribution in [3.05, 3.63) is 24.3 Å². The molecule has 0 N–H and O–H groups in total. The van der Waals surface area contributed by atoms with Crippen LogP contribution in [0.15, 0.2) is 24.3 Å². The van der Waals surface area contributed by atoms with Crippen LogP contribution < -0.4 is 0 Å². The zero-order chi connectivity index (χ0) is 56.4. The van der Waals surface area contributed by atoms with E-state index in [4.69, 9.17) is 14.2 Å². The molecule has 0 aliphatic carbocycles. The van der Waals surface area contributed by atoms with Crippen LogP contribution >= 0.6 is 0 Å². The Morgan fingerprint density at radius 2 is 0.462 bits per heavy atom. The van der Waals surface area contributed by atoms with Crippen LogP contribution in [0, 0.1) is 0 Å². The fraction of sp³-hybridized carbons (Fsp3) is 0.903. The zero-order valence-electron chi connectivity index (χ0n) is 53.0. The van der Waals surface area contributed by atoms with Crippen LogP contribution in [0.25, 0.3) is 0 Å². The van der Waals surface area contributed by atoms with Gasteiger partial charge in [0.2, 0.25) is 0 Å². The molecule has 78 heavy (non-hydrogen) atoms. The van der Waals surface area contributed by atoms with E-state index >= 15 is 0 Å². The molecule has 0 saturated carbocycles. The maximum Gasteiger partial charge on any atom is 0.306 e. The van der Waals surface area contributed by atoms with Gasteiger partial charge >= 0.3 is 17.9 Å². The van der Waals surface area contributed by atoms with Crippen molar-refractivity contribution >= 4 is 17.9 Å². The lowest BCUT2D eigenvalue weighted by Gasteiger charge is -2.18. The molecule has 0 amide bonds. The van der Waals surface area contributed by atoms with Crippen molar-refractivity contribution in [1.82, 2.24) is 0 Å². The van der Waals surface area contributed by atoms with E-state index in [-0.39, 0.29) is 31.1 Å². The Morgan fingerprint density at radius 3 is 0.705 bits per heavy atom. The van der Waals surface area contributed by atoms with Crippen LogP contribution in [-0.4, -0.2) is 37.2 Å². The Morgan fingerprint density at radius 1 is 0.256 bits per heavy atom. The van der Waals surface area contributed by atoms with Gasteiger partial charge in [-0.05, 0) is 51.4 Å². The topological polar surface area (TPSA) is 78.9 Å². The summed E-state index contributed by atoms with van der Waals surface area (Å²) in [5, 5.41) is 0. The number of carbonyl (C=O) groups is 3. The van der Waals surface area contributed by atoms with E-state index in [1.165, 1.54) is 295 Å². The van der Waals surface area contributed by atoms with Gasteiger partial charge in [0.15, 0.2) is 6.10 Å². The fourth-order valence-electron chi connectivity index (χ4n) is 10.9. The van der Waals surface area contributed by atoms with E-state index in [2.05, 4.69) is 45.1 Å². The first kappa shape index (κ1) is 75.9. The predicted octanol–water partition coefficient (Wildman–Crippen LogP) is 24.2. The van der Waals surface area contributed by atoms with Crippen molar-refractivity contribution < 1.29 is 28.6 Å². The van der Waals surface area contributed by atoms with Crippen molar-refractivity contribution in [2.75, 3.05) is 13.2 Å². The molecule has 1 unspecified atom stereocenters. The molecule has 6 nitrogen and oxygen atoms in total. The highest BCUT2D eigenvalue weighted by Gasteiger charge is 2.19. The first-order valence-electron chi connectivity index (χ1n) is 35.3. The van der Waals surface area contributed by atoms with Crippen LogP contribution in [-0.2, 0) is 28.6 Å². The first-order chi connectivity index (χ1) is 38.5. The number of hydrogen-bond acceptors (Lipinski definition) is 6. The number of unbranched alkanes of at least 4 members (excludes halogenated alkanes) is 51. The van der Waals surface area contributed by atoms with Gasteiger partial charge in [-0.15, -0.1) is 0 Å². The fourth-order valence-corrected chi connectivity index (χ4v) is 10.9. The summed E-state index contributed by atoms with van der Waals surface area (Å²) in [5.74, 6) is -0.852. The van der Waals surface area contributed by atoms with Crippen molar-refractivity contribution in [2.24, 2.45) is 0 Å². The molecule has 0 saturated heterocycles. The SMILES string of the molecule is CCCCCCC/C=C\C/C=C\CCCCCCCCCCCC(=O)OC(COC(=O)CCCCCCCCC)COC(=O)CCCCCCCCCCCCCCCCCCCCCCCCCCCCCCCCCC. The Labute approximate surface area is 487 Å². The predicted molar refractivity (Wildman–Crippen MR) is 340 cm³/mol. The second-order valence-corrected chi connectivity index (χ2v) is 24.2. The van der Waals surface area contributed by atoms with Gasteiger partial charge in [0, 0.05) is 19.3 Å². The van der Waals surface area contributed by atoms with Crippen LogP contribution in [0.3, 0.4) is 0 Å². The maximum absolute atomic E-state index is 12.9. The van der Waals surface area contributed by atoms with Gasteiger partial charge in [-0.25, -0.2) is 0 Å². The molecule has 0 heterocycles. The highest BCUT2D eigenvalue weighted by Crippen LogP contribution is 2.19. The summed E-state index contributed by atoms with van der Waals surface area (Å²) in [7, 11) is 0. The third kappa shape index (κ3) is 64.7. The molecule has 0 radical (unpaired) electrons. The summed E-state index contributed by atoms with van der Waals surface area (Å²) in [6, 6.07) is 0. The van der Waals surface area contributed by atoms with Gasteiger partial charge in [0.1, 0.15) is 13.2 Å². The summed E-state index contributed by atoms with van der Waals surface area (Å²) in [6.45, 7) is 6.65. The number of rotatable bonds is 66. The van der Waals surface area contributed by atoms with E-state index in [0.29, 0.717) is 19.3 Å². The number of esters is 3. The molecular weight excluding hydrogens is 961 g/mol. The maximum atomic E-state index is 12.9. The van der Waals surface area contributed by atoms with Crippen LogP contribution in [0.4, 0.5) is 0 Å². The molecule has 0 bridgehead atoms. The van der Waals surface area contributed by atoms with Crippen molar-refractivity contribution in [1.29, 1.82) is 0 Å². The summed E-state index contributed by atoms with van der Waals surface area (Å²) in [5.41, 5.74) is 0. The molecule has 0 aromatic rings. The van der Waals surface area contributed by atoms with Crippen molar-refractivity contribution in [2.45, 2.75) is 406 Å². The van der Waals surface area contributed by atoms with Gasteiger partial charge in [-0.3, -0.25) is 14.4 Å². The van der Waals surface area contributed by atoms with E-state index in [1.807, 2.05) is 0 Å². The minimum atomic E-state index is -0.769. The van der Waals surface area contributed by atoms with Crippen molar-refractivity contribution in [3.63, 3.8) is 0 Å². The third-order valence-corrected chi connectivity index (χ3v) is 16.2. The zero-order valence-corrected chi connectivity index (χ0v) is 53.0. The monoisotopic (exact) mass is 1100 g/mol. The number of hydrogen-bond donors (Lipinski definition) is 0. The molecule has 0 spiro atoms. The molecule has 0 aliphatic rings. The number of allylic oxidation sites excluding steroid dienone is 4. The van der Waals surface area contributed by atoms with Crippen LogP contribution in [0.2, 0.25) is 0 Å². The molecule has 0 aromatic heterocycles. The molecule has 0 fully saturated rings. The highest BCUT2D eigenvalue weighted by molar-refractivity contribution is 5.71. The Balaban J connectivity index is 3.97. The Bertz CT molecular complexity index is 1260. The minimum absolute atomic E-state index is 0.0676. The van der Waals surface area contributed by atoms with E-state index in [0.717, 1.165) is 64.2 Å². The average Bonchev–Trinajstić information content (AvgIpc) is 3.44. The van der Waals surface area contributed by atoms with E-state index < -0.39 is 6.10 Å². The molecule has 0 rings (SSSR count). The quantitative estimate of drug-likeness (QED) is 0.0261. The summed E-state index contributed by atoms with van der Waals surface area (Å²) < 4.78 is 16.9. The van der Waals surface area contributed by atoms with Gasteiger partial charge in [0.25, 0.3) is 0 Å². The second-order valence-electron chi connectivity index (χ2n) is 24.2. The number of ether oxygens (including phenoxy) is 3. The first-order valence-corrected chi connectivity index (χ1v) is 35.3.